The maximum atomic E-state index is 11.9. The Kier molecular flexibility index (Phi) is 9.55. The molecule has 1 atom stereocenters. The fourth-order valence-electron chi connectivity index (χ4n) is 2.27. The van der Waals surface area contributed by atoms with E-state index < -0.39 is 10.0 Å². The van der Waals surface area contributed by atoms with Gasteiger partial charge >= 0.3 is 0 Å². The maximum absolute atomic E-state index is 11.9. The standard InChI is InChI=1S/C17H24N4O2S2.HI/c1-13(15-7-8-24-12-15)10-20-17(18-2)21-11-14-5-4-6-16(9-14)25(22,23)19-3;/h4-9,12-13,19H,10-11H2,1-3H3,(H2,18,20,21);1H. The van der Waals surface area contributed by atoms with Gasteiger partial charge in [0.2, 0.25) is 10.0 Å². The summed E-state index contributed by atoms with van der Waals surface area (Å²) in [6, 6.07) is 8.96. The smallest absolute Gasteiger partial charge is 0.240 e. The van der Waals surface area contributed by atoms with Gasteiger partial charge in [0.1, 0.15) is 0 Å². The van der Waals surface area contributed by atoms with Crippen LogP contribution in [-0.4, -0.2) is 35.0 Å². The third-order valence-corrected chi connectivity index (χ3v) is 5.96. The van der Waals surface area contributed by atoms with Gasteiger partial charge < -0.3 is 10.6 Å². The number of nitrogens with zero attached hydrogens (tertiary/aromatic N) is 1. The average Bonchev–Trinajstić information content (AvgIpc) is 3.16. The molecule has 0 radical (unpaired) electrons. The second-order valence-corrected chi connectivity index (χ2v) is 8.29. The van der Waals surface area contributed by atoms with Crippen LogP contribution in [0.15, 0.2) is 51.0 Å². The van der Waals surface area contributed by atoms with E-state index in [1.165, 1.54) is 12.6 Å². The largest absolute Gasteiger partial charge is 0.356 e. The first kappa shape index (κ1) is 22.9. The molecule has 0 aliphatic carbocycles. The normalized spacial score (nSPS) is 13.0. The molecular weight excluding hydrogens is 483 g/mol. The third kappa shape index (κ3) is 6.53. The molecule has 0 saturated carbocycles. The van der Waals surface area contributed by atoms with Gasteiger partial charge in [0.25, 0.3) is 0 Å². The highest BCUT2D eigenvalue weighted by atomic mass is 127. The van der Waals surface area contributed by atoms with Crippen molar-refractivity contribution in [1.82, 2.24) is 15.4 Å². The predicted octanol–water partition coefficient (Wildman–Crippen LogP) is 2.74. The summed E-state index contributed by atoms with van der Waals surface area (Å²) in [5.41, 5.74) is 2.17. The molecule has 2 aromatic rings. The number of sulfonamides is 1. The van der Waals surface area contributed by atoms with E-state index in [1.807, 2.05) is 6.07 Å². The van der Waals surface area contributed by atoms with Crippen LogP contribution in [0.5, 0.6) is 0 Å². The van der Waals surface area contributed by atoms with Crippen LogP contribution >= 0.6 is 35.3 Å². The maximum Gasteiger partial charge on any atom is 0.240 e. The van der Waals surface area contributed by atoms with E-state index >= 15 is 0 Å². The lowest BCUT2D eigenvalue weighted by Crippen LogP contribution is -2.38. The van der Waals surface area contributed by atoms with Crippen molar-refractivity contribution < 1.29 is 8.42 Å². The number of guanidine groups is 1. The lowest BCUT2D eigenvalue weighted by atomic mass is 10.1. The van der Waals surface area contributed by atoms with Gasteiger partial charge in [-0.15, -0.1) is 24.0 Å². The highest BCUT2D eigenvalue weighted by Crippen LogP contribution is 2.17. The van der Waals surface area contributed by atoms with Gasteiger partial charge in [-0.3, -0.25) is 4.99 Å². The van der Waals surface area contributed by atoms with Gasteiger partial charge in [0.05, 0.1) is 4.90 Å². The second kappa shape index (κ2) is 10.9. The molecule has 0 aliphatic heterocycles. The molecule has 1 aromatic heterocycles. The molecule has 3 N–H and O–H groups in total. The topological polar surface area (TPSA) is 82.6 Å². The van der Waals surface area contributed by atoms with E-state index in [0.29, 0.717) is 18.4 Å². The van der Waals surface area contributed by atoms with Crippen molar-refractivity contribution in [2.45, 2.75) is 24.3 Å². The lowest BCUT2D eigenvalue weighted by molar-refractivity contribution is 0.588. The van der Waals surface area contributed by atoms with Gasteiger partial charge in [-0.25, -0.2) is 13.1 Å². The first-order chi connectivity index (χ1) is 12.0. The van der Waals surface area contributed by atoms with E-state index in [1.54, 1.807) is 36.6 Å². The summed E-state index contributed by atoms with van der Waals surface area (Å²) < 4.78 is 26.1. The summed E-state index contributed by atoms with van der Waals surface area (Å²) in [6.07, 6.45) is 0. The molecule has 9 heteroatoms. The molecule has 1 heterocycles. The number of aliphatic imine (C=N–C) groups is 1. The molecule has 1 aromatic carbocycles. The van der Waals surface area contributed by atoms with Crippen molar-refractivity contribution >= 4 is 51.3 Å². The molecule has 0 amide bonds. The first-order valence-electron chi connectivity index (χ1n) is 7.95. The Balaban J connectivity index is 0.00000338. The van der Waals surface area contributed by atoms with E-state index in [2.05, 4.69) is 44.1 Å². The lowest BCUT2D eigenvalue weighted by Gasteiger charge is -2.15. The number of hydrogen-bond donors (Lipinski definition) is 3. The van der Waals surface area contributed by atoms with E-state index in [4.69, 9.17) is 0 Å². The molecule has 0 fully saturated rings. The Morgan fingerprint density at radius 3 is 2.65 bits per heavy atom. The zero-order valence-corrected chi connectivity index (χ0v) is 19.0. The minimum absolute atomic E-state index is 0. The minimum atomic E-state index is -3.43. The Morgan fingerprint density at radius 1 is 1.27 bits per heavy atom. The highest BCUT2D eigenvalue weighted by molar-refractivity contribution is 14.0. The van der Waals surface area contributed by atoms with Crippen molar-refractivity contribution in [3.8, 4) is 0 Å². The monoisotopic (exact) mass is 508 g/mol. The number of hydrogen-bond acceptors (Lipinski definition) is 4. The van der Waals surface area contributed by atoms with Crippen molar-refractivity contribution in [3.05, 3.63) is 52.2 Å². The molecule has 0 bridgehead atoms. The van der Waals surface area contributed by atoms with Crippen LogP contribution in [0.2, 0.25) is 0 Å². The summed E-state index contributed by atoms with van der Waals surface area (Å²) in [6.45, 7) is 3.42. The van der Waals surface area contributed by atoms with E-state index in [9.17, 15) is 8.42 Å². The van der Waals surface area contributed by atoms with Crippen LogP contribution in [0.3, 0.4) is 0 Å². The molecule has 0 spiro atoms. The number of halogens is 1. The number of thiophene rings is 1. The average molecular weight is 508 g/mol. The molecule has 0 saturated heterocycles. The molecule has 26 heavy (non-hydrogen) atoms. The highest BCUT2D eigenvalue weighted by Gasteiger charge is 2.11. The first-order valence-corrected chi connectivity index (χ1v) is 10.4. The third-order valence-electron chi connectivity index (χ3n) is 3.85. The van der Waals surface area contributed by atoms with Gasteiger partial charge in [0, 0.05) is 20.1 Å². The van der Waals surface area contributed by atoms with Crippen LogP contribution < -0.4 is 15.4 Å². The van der Waals surface area contributed by atoms with Gasteiger partial charge in [0.15, 0.2) is 5.96 Å². The van der Waals surface area contributed by atoms with Crippen molar-refractivity contribution in [3.63, 3.8) is 0 Å². The van der Waals surface area contributed by atoms with E-state index in [-0.39, 0.29) is 28.9 Å². The molecular formula is C17H25IN4O2S2. The van der Waals surface area contributed by atoms with Crippen molar-refractivity contribution in [2.24, 2.45) is 4.99 Å². The fourth-order valence-corrected chi connectivity index (χ4v) is 3.85. The van der Waals surface area contributed by atoms with Gasteiger partial charge in [-0.2, -0.15) is 11.3 Å². The Bertz CT molecular complexity index is 808. The quantitative estimate of drug-likeness (QED) is 0.305. The SMILES string of the molecule is CN=C(NCc1cccc(S(=O)(=O)NC)c1)NCC(C)c1ccsc1.I. The van der Waals surface area contributed by atoms with Crippen LogP contribution in [0.25, 0.3) is 0 Å². The van der Waals surface area contributed by atoms with Crippen molar-refractivity contribution in [2.75, 3.05) is 20.6 Å². The van der Waals surface area contributed by atoms with Crippen LogP contribution in [0.1, 0.15) is 24.0 Å². The van der Waals surface area contributed by atoms with Gasteiger partial charge in [-0.05, 0) is 53.1 Å². The van der Waals surface area contributed by atoms with E-state index in [0.717, 1.165) is 12.1 Å². The summed E-state index contributed by atoms with van der Waals surface area (Å²) in [5.74, 6) is 1.07. The zero-order valence-electron chi connectivity index (χ0n) is 15.0. The zero-order chi connectivity index (χ0) is 18.3. The van der Waals surface area contributed by atoms with Gasteiger partial charge in [-0.1, -0.05) is 19.1 Å². The number of benzene rings is 1. The Hall–Kier alpha value is -1.17. The fraction of sp³-hybridized carbons (Fsp3) is 0.353. The molecule has 2 rings (SSSR count). The Morgan fingerprint density at radius 2 is 2.04 bits per heavy atom. The predicted molar refractivity (Wildman–Crippen MR) is 119 cm³/mol. The van der Waals surface area contributed by atoms with Crippen molar-refractivity contribution in [1.29, 1.82) is 0 Å². The Labute approximate surface area is 176 Å². The number of nitrogens with one attached hydrogen (secondary N) is 3. The molecule has 1 unspecified atom stereocenters. The molecule has 0 aliphatic rings. The van der Waals surface area contributed by atoms with Crippen LogP contribution in [0, 0.1) is 0 Å². The van der Waals surface area contributed by atoms with Crippen LogP contribution in [-0.2, 0) is 16.6 Å². The van der Waals surface area contributed by atoms with Crippen LogP contribution in [0.4, 0.5) is 0 Å². The molecule has 6 nitrogen and oxygen atoms in total. The minimum Gasteiger partial charge on any atom is -0.356 e. The summed E-state index contributed by atoms with van der Waals surface area (Å²) >= 11 is 1.69. The molecule has 144 valence electrons. The summed E-state index contributed by atoms with van der Waals surface area (Å²) in [5, 5.41) is 10.7. The number of rotatable bonds is 7. The second-order valence-electron chi connectivity index (χ2n) is 5.62. The summed E-state index contributed by atoms with van der Waals surface area (Å²) in [7, 11) is -0.316. The summed E-state index contributed by atoms with van der Waals surface area (Å²) in [4.78, 5) is 4.46.